The normalized spacial score (nSPS) is 22.4. The minimum atomic E-state index is -0.665. The summed E-state index contributed by atoms with van der Waals surface area (Å²) in [6.07, 6.45) is 4.01. The summed E-state index contributed by atoms with van der Waals surface area (Å²) in [5.41, 5.74) is 3.43. The highest BCUT2D eigenvalue weighted by Gasteiger charge is 2.46. The molecule has 0 saturated carbocycles. The highest BCUT2D eigenvalue weighted by atomic mass is 16.3. The number of aromatic nitrogens is 2. The van der Waals surface area contributed by atoms with Crippen LogP contribution in [0.2, 0.25) is 0 Å². The van der Waals surface area contributed by atoms with E-state index < -0.39 is 11.6 Å². The number of amides is 1. The average molecular weight is 393 g/mol. The van der Waals surface area contributed by atoms with Gasteiger partial charge in [-0.15, -0.1) is 0 Å². The fourth-order valence-electron chi connectivity index (χ4n) is 4.59. The van der Waals surface area contributed by atoms with Gasteiger partial charge in [0.25, 0.3) is 0 Å². The summed E-state index contributed by atoms with van der Waals surface area (Å²) in [6.45, 7) is 2.94. The number of aliphatic hydroxyl groups excluding tert-OH is 1. The maximum Gasteiger partial charge on any atom is 0.228 e. The molecule has 1 aliphatic heterocycles. The van der Waals surface area contributed by atoms with Gasteiger partial charge in [-0.2, -0.15) is 0 Å². The standard InChI is InChI=1S/C23H28N4O2/c1-17-8-7-12-27-19(15-24-22(17)27)14-21(29)26-13-11-23(25(2)3,20(28)16-26)18-9-5-4-6-10-18/h4-10,12,15,20,28H,11,13-14,16H2,1-3H3/t20-,23+/m1/s1. The number of piperidine rings is 1. The van der Waals surface area contributed by atoms with Crippen LogP contribution in [0.1, 0.15) is 23.2 Å². The molecule has 0 unspecified atom stereocenters. The molecule has 6 heteroatoms. The zero-order chi connectivity index (χ0) is 20.6. The largest absolute Gasteiger partial charge is 0.389 e. The van der Waals surface area contributed by atoms with Gasteiger partial charge in [-0.1, -0.05) is 36.4 Å². The molecule has 1 amide bonds. The van der Waals surface area contributed by atoms with Crippen molar-refractivity contribution in [2.45, 2.75) is 31.4 Å². The number of benzene rings is 1. The molecule has 6 nitrogen and oxygen atoms in total. The second kappa shape index (κ2) is 7.61. The molecule has 3 aromatic rings. The highest BCUT2D eigenvalue weighted by Crippen LogP contribution is 2.37. The topological polar surface area (TPSA) is 61.1 Å². The molecule has 3 heterocycles. The summed E-state index contributed by atoms with van der Waals surface area (Å²) in [4.78, 5) is 21.3. The van der Waals surface area contributed by atoms with Crippen LogP contribution in [0.3, 0.4) is 0 Å². The van der Waals surface area contributed by atoms with E-state index in [4.69, 9.17) is 0 Å². The van der Waals surface area contributed by atoms with Crippen LogP contribution in [-0.4, -0.2) is 63.5 Å². The van der Waals surface area contributed by atoms with Crippen LogP contribution in [0, 0.1) is 6.92 Å². The zero-order valence-electron chi connectivity index (χ0n) is 17.2. The molecule has 1 fully saturated rings. The first-order chi connectivity index (χ1) is 13.9. The van der Waals surface area contributed by atoms with Crippen LogP contribution in [0.5, 0.6) is 0 Å². The van der Waals surface area contributed by atoms with E-state index in [0.29, 0.717) is 19.5 Å². The summed E-state index contributed by atoms with van der Waals surface area (Å²) in [5.74, 6) is 0.0211. The Balaban J connectivity index is 1.53. The molecule has 0 aliphatic carbocycles. The third-order valence-corrected chi connectivity index (χ3v) is 6.27. The van der Waals surface area contributed by atoms with Crippen molar-refractivity contribution in [2.75, 3.05) is 27.2 Å². The smallest absolute Gasteiger partial charge is 0.228 e. The van der Waals surface area contributed by atoms with Gasteiger partial charge >= 0.3 is 0 Å². The van der Waals surface area contributed by atoms with Gasteiger partial charge in [-0.05, 0) is 44.6 Å². The Morgan fingerprint density at radius 3 is 2.69 bits per heavy atom. The number of nitrogens with zero attached hydrogens (tertiary/aromatic N) is 4. The number of carbonyl (C=O) groups is 1. The van der Waals surface area contributed by atoms with Crippen molar-refractivity contribution in [3.8, 4) is 0 Å². The highest BCUT2D eigenvalue weighted by molar-refractivity contribution is 5.79. The molecule has 1 N–H and O–H groups in total. The van der Waals surface area contributed by atoms with Crippen molar-refractivity contribution in [3.63, 3.8) is 0 Å². The fraction of sp³-hybridized carbons (Fsp3) is 0.391. The number of rotatable bonds is 4. The van der Waals surface area contributed by atoms with Gasteiger partial charge in [0.05, 0.1) is 23.8 Å². The fourth-order valence-corrected chi connectivity index (χ4v) is 4.59. The Kier molecular flexibility index (Phi) is 5.15. The third-order valence-electron chi connectivity index (χ3n) is 6.27. The lowest BCUT2D eigenvalue weighted by atomic mass is 9.77. The summed E-state index contributed by atoms with van der Waals surface area (Å²) < 4.78 is 1.97. The number of likely N-dealkylation sites (tertiary alicyclic amines) is 1. The monoisotopic (exact) mass is 392 g/mol. The number of imidazole rings is 1. The first kappa shape index (κ1) is 19.6. The molecule has 29 heavy (non-hydrogen) atoms. The van der Waals surface area contributed by atoms with Crippen LogP contribution >= 0.6 is 0 Å². The van der Waals surface area contributed by atoms with Crippen molar-refractivity contribution in [2.24, 2.45) is 0 Å². The van der Waals surface area contributed by atoms with Crippen LogP contribution in [0.4, 0.5) is 0 Å². The maximum absolute atomic E-state index is 13.0. The molecule has 2 atom stereocenters. The van der Waals surface area contributed by atoms with Crippen molar-refractivity contribution >= 4 is 11.6 Å². The van der Waals surface area contributed by atoms with E-state index in [0.717, 1.165) is 22.5 Å². The number of β-amino-alcohol motifs (C(OH)–C–C–N with tert-alkyl or cyclic N) is 1. The summed E-state index contributed by atoms with van der Waals surface area (Å²) in [6, 6.07) is 14.1. The molecular weight excluding hydrogens is 364 g/mol. The van der Waals surface area contributed by atoms with Gasteiger partial charge in [-0.25, -0.2) is 4.98 Å². The first-order valence-electron chi connectivity index (χ1n) is 10.0. The molecule has 1 aliphatic rings. The van der Waals surface area contributed by atoms with E-state index in [1.807, 2.05) is 61.9 Å². The molecule has 1 aromatic carbocycles. The first-order valence-corrected chi connectivity index (χ1v) is 10.0. The molecule has 4 rings (SSSR count). The van der Waals surface area contributed by atoms with Crippen molar-refractivity contribution in [1.82, 2.24) is 19.2 Å². The number of aryl methyl sites for hydroxylation is 1. The van der Waals surface area contributed by atoms with Crippen LogP contribution in [0.15, 0.2) is 54.9 Å². The van der Waals surface area contributed by atoms with Gasteiger partial charge in [0.15, 0.2) is 0 Å². The van der Waals surface area contributed by atoms with Gasteiger partial charge in [-0.3, -0.25) is 9.69 Å². The molecule has 2 aromatic heterocycles. The lowest BCUT2D eigenvalue weighted by Crippen LogP contribution is -2.61. The maximum atomic E-state index is 13.0. The Labute approximate surface area is 171 Å². The van der Waals surface area contributed by atoms with E-state index in [9.17, 15) is 9.90 Å². The molecule has 0 radical (unpaired) electrons. The Morgan fingerprint density at radius 1 is 1.24 bits per heavy atom. The number of fused-ring (bicyclic) bond motifs is 1. The third kappa shape index (κ3) is 3.32. The second-order valence-electron chi connectivity index (χ2n) is 8.10. The molecule has 0 bridgehead atoms. The summed E-state index contributed by atoms with van der Waals surface area (Å²) >= 11 is 0. The zero-order valence-corrected chi connectivity index (χ0v) is 17.2. The van der Waals surface area contributed by atoms with Crippen LogP contribution in [-0.2, 0) is 16.8 Å². The molecule has 152 valence electrons. The lowest BCUT2D eigenvalue weighted by Gasteiger charge is -2.49. The molecule has 1 saturated heterocycles. The van der Waals surface area contributed by atoms with Crippen molar-refractivity contribution in [1.29, 1.82) is 0 Å². The quantitative estimate of drug-likeness (QED) is 0.740. The van der Waals surface area contributed by atoms with E-state index in [-0.39, 0.29) is 12.3 Å². The Morgan fingerprint density at radius 2 is 2.00 bits per heavy atom. The number of aliphatic hydroxyl groups is 1. The predicted molar refractivity (Wildman–Crippen MR) is 113 cm³/mol. The lowest BCUT2D eigenvalue weighted by molar-refractivity contribution is -0.140. The number of hydrogen-bond donors (Lipinski definition) is 1. The molecular formula is C23H28N4O2. The number of pyridine rings is 1. The van der Waals surface area contributed by atoms with Gasteiger partial charge in [0.2, 0.25) is 5.91 Å². The van der Waals surface area contributed by atoms with Gasteiger partial charge in [0, 0.05) is 25.5 Å². The number of hydrogen-bond acceptors (Lipinski definition) is 4. The second-order valence-corrected chi connectivity index (χ2v) is 8.10. The van der Waals surface area contributed by atoms with Gasteiger partial charge in [0.1, 0.15) is 5.65 Å². The number of likely N-dealkylation sites (N-methyl/N-ethyl adjacent to an activating group) is 1. The Hall–Kier alpha value is -2.70. The van der Waals surface area contributed by atoms with E-state index >= 15 is 0 Å². The summed E-state index contributed by atoms with van der Waals surface area (Å²) in [7, 11) is 3.99. The SMILES string of the molecule is Cc1cccn2c(CC(=O)N3CC[C@@](c4ccccc4)(N(C)C)[C@H](O)C3)cnc12. The van der Waals surface area contributed by atoms with Crippen molar-refractivity contribution < 1.29 is 9.90 Å². The predicted octanol–water partition coefficient (Wildman–Crippen LogP) is 2.24. The number of carbonyl (C=O) groups excluding carboxylic acids is 1. The van der Waals surface area contributed by atoms with E-state index in [2.05, 4.69) is 22.0 Å². The van der Waals surface area contributed by atoms with E-state index in [1.165, 1.54) is 0 Å². The van der Waals surface area contributed by atoms with Gasteiger partial charge < -0.3 is 14.4 Å². The van der Waals surface area contributed by atoms with E-state index in [1.54, 1.807) is 11.1 Å². The Bertz CT molecular complexity index is 1010. The summed E-state index contributed by atoms with van der Waals surface area (Å²) in [5, 5.41) is 11.1. The van der Waals surface area contributed by atoms with Crippen LogP contribution < -0.4 is 0 Å². The van der Waals surface area contributed by atoms with Crippen molar-refractivity contribution in [3.05, 3.63) is 71.7 Å². The molecule has 0 spiro atoms. The minimum Gasteiger partial charge on any atom is -0.389 e. The minimum absolute atomic E-state index is 0.0211. The average Bonchev–Trinajstić information content (AvgIpc) is 3.12. The van der Waals surface area contributed by atoms with Crippen LogP contribution in [0.25, 0.3) is 5.65 Å².